The largest absolute Gasteiger partial charge is 0.480 e. The summed E-state index contributed by atoms with van der Waals surface area (Å²) in [6.45, 7) is 13.9. The van der Waals surface area contributed by atoms with Crippen molar-refractivity contribution in [3.63, 3.8) is 0 Å². The Balaban J connectivity index is 0.000000278. The highest BCUT2D eigenvalue weighted by atomic mass is 79.9. The summed E-state index contributed by atoms with van der Waals surface area (Å²) in [5.41, 5.74) is 14.9. The van der Waals surface area contributed by atoms with Crippen molar-refractivity contribution in [1.29, 1.82) is 0 Å². The Morgan fingerprint density at radius 3 is 1.08 bits per heavy atom. The van der Waals surface area contributed by atoms with E-state index in [0.717, 1.165) is 27.8 Å². The molecule has 0 aromatic heterocycles. The zero-order valence-electron chi connectivity index (χ0n) is 78.0. The Labute approximate surface area is 815 Å². The normalized spacial score (nSPS) is 23.8. The third-order valence-corrected chi connectivity index (χ3v) is 23.0. The number of amides is 3. The predicted octanol–water partition coefficient (Wildman–Crippen LogP) is 2.23. The highest BCUT2D eigenvalue weighted by Gasteiger charge is 2.57. The van der Waals surface area contributed by atoms with Crippen LogP contribution in [-0.2, 0) is 123 Å². The van der Waals surface area contributed by atoms with Gasteiger partial charge < -0.3 is 85.7 Å². The number of hydrogen-bond acceptors (Lipinski definition) is 33. The highest BCUT2D eigenvalue weighted by molar-refractivity contribution is 9.18. The maximum absolute atomic E-state index is 12.3. The molecule has 6 aromatic rings. The molecule has 6 aromatic carbocycles. The smallest absolute Gasteiger partial charge is 0.327 e. The summed E-state index contributed by atoms with van der Waals surface area (Å²) in [7, 11) is 25.1. The van der Waals surface area contributed by atoms with Gasteiger partial charge in [-0.05, 0) is 71.4 Å². The molecule has 137 heavy (non-hydrogen) atoms. The van der Waals surface area contributed by atoms with Crippen molar-refractivity contribution in [2.45, 2.75) is 190 Å². The molecular weight excluding hydrogens is 1830 g/mol. The molecule has 8 aliphatic rings. The van der Waals surface area contributed by atoms with E-state index in [1.54, 1.807) is 39.8 Å². The second-order valence-electron chi connectivity index (χ2n) is 33.0. The minimum absolute atomic E-state index is 0. The number of nitrogens with one attached hydrogen (secondary N) is 4. The van der Waals surface area contributed by atoms with Crippen LogP contribution < -0.4 is 32.7 Å². The monoisotopic (exact) mass is 1950 g/mol. The van der Waals surface area contributed by atoms with Gasteiger partial charge in [-0.3, -0.25) is 87.4 Å². The van der Waals surface area contributed by atoms with E-state index < -0.39 is 102 Å². The molecule has 8 aliphatic heterocycles. The molecule has 14 rings (SSSR count). The topological polar surface area (TPSA) is 493 Å². The Morgan fingerprint density at radius 2 is 0.766 bits per heavy atom. The summed E-state index contributed by atoms with van der Waals surface area (Å²) in [6, 6.07) is 54.2. The van der Waals surface area contributed by atoms with E-state index in [2.05, 4.69) is 37.2 Å². The van der Waals surface area contributed by atoms with Crippen LogP contribution in [0.4, 0.5) is 4.79 Å². The van der Waals surface area contributed by atoms with Gasteiger partial charge in [0.2, 0.25) is 4.69 Å². The molecule has 1 unspecified atom stereocenters. The SMILES string of the molecule is C.CCOC(=O)[C@@H]1CC(=O)CN1Cc1ccccc1.CCOC(=O)[C@@H]1CC2(CN1Cc1ccccc1)NC(=O)NC2=O.CCOC(=O)[C@@H]1C[C@@H](O)CN1.CCOC(=O)[C@@H]1C[C@@H](O)CN1Cc1ccccc1.COC(=O)[C@@H]1C[C@@](N)(C(=O)OC)CN1Cc1ccccc1.COC(=O)[C@@H]1C[C@](N)(C(=O)OC)CN1Cc1ccccc1.O=C(Br)c1ccccc1.O=C(O)[C@@H]1C[C@@H](O)CN1.[B]B([B])B([B])[B]. The molecule has 0 saturated carbocycles. The molecular formula is C94H126B6BrN11O25. The molecule has 36 nitrogen and oxygen atoms in total. The number of aliphatic hydroxyl groups is 3. The maximum atomic E-state index is 12.3. The number of carboxylic acid groups (broad SMARTS) is 1. The van der Waals surface area contributed by atoms with Crippen LogP contribution in [0.25, 0.3) is 0 Å². The Morgan fingerprint density at radius 1 is 0.431 bits per heavy atom. The van der Waals surface area contributed by atoms with Crippen molar-refractivity contribution < 1.29 is 121 Å². The third-order valence-electron chi connectivity index (χ3n) is 22.5. The van der Waals surface area contributed by atoms with Gasteiger partial charge in [-0.15, -0.1) is 0 Å². The molecule has 1 spiro atoms. The highest BCUT2D eigenvalue weighted by Crippen LogP contribution is 2.34. The Hall–Kier alpha value is -10.8. The molecule has 0 bridgehead atoms. The van der Waals surface area contributed by atoms with Crippen molar-refractivity contribution in [2.24, 2.45) is 11.5 Å². The molecule has 8 saturated heterocycles. The summed E-state index contributed by atoms with van der Waals surface area (Å²) < 4.78 is 39.0. The van der Waals surface area contributed by atoms with E-state index in [1.165, 1.54) is 28.4 Å². The summed E-state index contributed by atoms with van der Waals surface area (Å²) >= 11 is 2.84. The summed E-state index contributed by atoms with van der Waals surface area (Å²) in [6.07, 6.45) is -0.367. The predicted molar refractivity (Wildman–Crippen MR) is 519 cm³/mol. The van der Waals surface area contributed by atoms with Crippen molar-refractivity contribution in [3.8, 4) is 0 Å². The molecule has 8 radical (unpaired) electrons. The van der Waals surface area contributed by atoms with Gasteiger partial charge in [-0.25, -0.2) is 4.79 Å². The first-order valence-electron chi connectivity index (χ1n) is 44.5. The minimum atomic E-state index is -1.18. The van der Waals surface area contributed by atoms with Crippen LogP contribution in [0.15, 0.2) is 182 Å². The van der Waals surface area contributed by atoms with Gasteiger partial charge >= 0.3 is 59.8 Å². The van der Waals surface area contributed by atoms with E-state index in [1.807, 2.05) is 194 Å². The number of carboxylic acids is 1. The number of halogens is 1. The number of nitrogens with zero attached hydrogens (tertiary/aromatic N) is 5. The number of aliphatic hydroxyl groups excluding tert-OH is 3. The molecule has 12 N–H and O–H groups in total. The van der Waals surface area contributed by atoms with Crippen molar-refractivity contribution in [1.82, 2.24) is 45.8 Å². The van der Waals surface area contributed by atoms with Gasteiger partial charge in [0.15, 0.2) is 0 Å². The molecule has 0 aliphatic carbocycles. The number of likely N-dealkylation sites (tertiary alicyclic amines) is 5. The quantitative estimate of drug-likeness (QED) is 0.0129. The molecule has 43 heteroatoms. The number of ether oxygens (including phenoxy) is 8. The van der Waals surface area contributed by atoms with Gasteiger partial charge in [0.1, 0.15) is 64.7 Å². The van der Waals surface area contributed by atoms with E-state index in [-0.39, 0.29) is 124 Å². The second-order valence-corrected chi connectivity index (χ2v) is 33.7. The van der Waals surface area contributed by atoms with Gasteiger partial charge in [-0.2, -0.15) is 0 Å². The van der Waals surface area contributed by atoms with Crippen LogP contribution in [0.1, 0.15) is 118 Å². The first kappa shape index (κ1) is 117. The Bertz CT molecular complexity index is 4690. The number of methoxy groups -OCH3 is 4. The molecule has 8 fully saturated rings. The number of ketones is 1. The summed E-state index contributed by atoms with van der Waals surface area (Å²) in [5.74, 6) is -4.10. The zero-order valence-corrected chi connectivity index (χ0v) is 79.5. The first-order valence-corrected chi connectivity index (χ1v) is 45.3. The fraction of sp³-hybridized carbons (Fsp3) is 0.479. The van der Waals surface area contributed by atoms with Crippen LogP contribution in [0.2, 0.25) is 0 Å². The number of carbonyl (C=O) groups excluding carboxylic acids is 12. The minimum Gasteiger partial charge on any atom is -0.480 e. The van der Waals surface area contributed by atoms with Crippen LogP contribution in [0, 0.1) is 0 Å². The average molecular weight is 1950 g/mol. The van der Waals surface area contributed by atoms with Crippen LogP contribution in [-0.4, -0.2) is 343 Å². The van der Waals surface area contributed by atoms with Gasteiger partial charge in [0.05, 0.1) is 79.7 Å². The molecule has 732 valence electrons. The number of β-amino-alcohol motifs (C(OH)–C–C–N with tert-alkyl or cyclic N) is 3. The fourth-order valence-electron chi connectivity index (χ4n) is 15.8. The van der Waals surface area contributed by atoms with E-state index in [4.69, 9.17) is 95.6 Å². The number of benzene rings is 6. The Kier molecular flexibility index (Phi) is 50.7. The van der Waals surface area contributed by atoms with Gasteiger partial charge in [0.25, 0.3) is 5.91 Å². The molecule has 8 heterocycles. The number of rotatable bonds is 25. The number of carbonyl (C=O) groups is 13. The van der Waals surface area contributed by atoms with Crippen LogP contribution >= 0.6 is 15.9 Å². The lowest BCUT2D eigenvalue weighted by atomic mass is 8.81. The first-order chi connectivity index (χ1) is 64.8. The van der Waals surface area contributed by atoms with Crippen molar-refractivity contribution in [3.05, 3.63) is 215 Å². The van der Waals surface area contributed by atoms with E-state index in [0.29, 0.717) is 104 Å². The van der Waals surface area contributed by atoms with E-state index in [9.17, 15) is 67.4 Å². The zero-order chi connectivity index (χ0) is 100. The van der Waals surface area contributed by atoms with Crippen LogP contribution in [0.5, 0.6) is 0 Å². The number of aliphatic carboxylic acids is 1. The van der Waals surface area contributed by atoms with Crippen molar-refractivity contribution in [2.75, 3.05) is 101 Å². The number of Topliss-reactive ketones (excluding diaryl/α,β-unsaturated/α-hetero) is 1. The fourth-order valence-corrected chi connectivity index (χ4v) is 16.1. The number of urea groups is 1. The van der Waals surface area contributed by atoms with Crippen molar-refractivity contribution >= 4 is 136 Å². The second kappa shape index (κ2) is 59.5. The number of esters is 8. The summed E-state index contributed by atoms with van der Waals surface area (Å²) in [4.78, 5) is 160. The van der Waals surface area contributed by atoms with Gasteiger partial charge in [-0.1, -0.05) is 189 Å². The van der Waals surface area contributed by atoms with Gasteiger partial charge in [0, 0.05) is 166 Å². The molecule has 3 amide bonds. The number of imide groups is 1. The number of nitrogens with two attached hydrogens (primary N) is 2. The third kappa shape index (κ3) is 37.8. The standard InChI is InChI=1S/C16H19N3O4.2C15H20N2O4.C14H19NO3.C14H17NO3.C7H5BrO.C7H13NO3.C5H9NO3.CH4.B6/c1-2-23-13(20)12-8-16(14(21)17-15(22)18-16)10-19(12)9-11-6-4-3-5-7-11;2*1-20-13(18)12-8-15(16,14(19)21-2)10-17(12)9-11-6-4-3-5-7-11;2*1-2-18-14(17)13-8-12(16)10-15(13)9-11-6-4-3-5-7-11;8-7(9)6-4-2-1-3-5-6;1-2-11-7(10)6-3-5(9)4-8-6;7-3-1-4(5(8)9)6-2-3;;1-5(2)6(3)4/h3-7,12H,2,8-10H2,1H3,(H2,17,18,21,22);2*3-7,12H,8-10,16H2,1-2H3;3-7,12-13,16H,2,8-10H2,1H3;3-7,13H,2,8-10H2,1H3;1-5H;5-6,8-9H,2-4H2,1H3;3-4,6-7H,1-2H2,(H,8,9);1H4;/t12-,16?;12-,15+;12-,15-;12-,13+;13-;;5-,6+;3-,4+;;/m00010.11../s1. The maximum Gasteiger partial charge on any atom is 0.327 e. The van der Waals surface area contributed by atoms with E-state index >= 15 is 0 Å². The van der Waals surface area contributed by atoms with Crippen LogP contribution in [0.3, 0.4) is 0 Å². The summed E-state index contributed by atoms with van der Waals surface area (Å²) in [5, 5.41) is 46.4. The lowest BCUT2D eigenvalue weighted by molar-refractivity contribution is -0.149. The number of hydrogen-bond donors (Lipinski definition) is 10. The lowest BCUT2D eigenvalue weighted by Crippen LogP contribution is -2.50. The lowest BCUT2D eigenvalue weighted by Gasteiger charge is -2.23. The average Bonchev–Trinajstić information content (AvgIpc) is 1.63. The molecule has 13 atom stereocenters.